The summed E-state index contributed by atoms with van der Waals surface area (Å²) < 4.78 is 68.2. The first kappa shape index (κ1) is 67.8. The summed E-state index contributed by atoms with van der Waals surface area (Å²) in [4.78, 5) is 55.1. The standard InChI is InChI=1S/C77H68N11O10PS2/c1-92-60-38-34-58(35-39-60)76(54-26-13-5-14-27-54,55-28-15-6-16-29-55)94-46-62-64(44-66(97-62)87-50-83-68-70(79-48-81-72(68)87)85-74(89)52-22-9-3-10-23-52)100-99(91,96-43-21-42-78)101-65-45-67(88-51-84-69-71(80-49-82-73(69)88)86-75(90)53-24-11-4-12-25-53)98-63(65)47-95-77(56-30-17-7-18-31-56,57-32-19-8-20-33-57)59-36-40-61(93-2)41-37-59/h3-20,22-41,48-51,62-67H,21,43-47H2,1-2H3,(H,79,81,85,89)(H,80,82,86,90)/t62-,63-,64+,65+,66-,67-/m1/s1. The normalized spacial score (nSPS) is 17.7. The van der Waals surface area contributed by atoms with Crippen molar-refractivity contribution < 1.29 is 47.1 Å². The molecule has 21 nitrogen and oxygen atoms in total. The fraction of sp³-hybridized carbons (Fsp3) is 0.208. The second kappa shape index (κ2) is 30.6. The molecule has 8 aromatic carbocycles. The molecule has 14 rings (SSSR count). The van der Waals surface area contributed by atoms with Crippen molar-refractivity contribution in [3.05, 3.63) is 300 Å². The zero-order valence-corrected chi connectivity index (χ0v) is 57.4. The van der Waals surface area contributed by atoms with Crippen molar-refractivity contribution in [2.45, 2.75) is 65.6 Å². The van der Waals surface area contributed by atoms with Gasteiger partial charge in [0.1, 0.15) is 47.8 Å². The average Bonchev–Trinajstić information content (AvgIpc) is 1.15. The highest BCUT2D eigenvalue weighted by Crippen LogP contribution is 2.75. The Bertz CT molecular complexity index is 4520. The van der Waals surface area contributed by atoms with Gasteiger partial charge in [0.15, 0.2) is 34.0 Å². The Morgan fingerprint density at radius 2 is 0.851 bits per heavy atom. The van der Waals surface area contributed by atoms with Crippen LogP contribution < -0.4 is 20.1 Å². The number of benzene rings is 8. The number of ether oxygens (including phenoxy) is 6. The van der Waals surface area contributed by atoms with Gasteiger partial charge in [0.05, 0.1) is 71.4 Å². The van der Waals surface area contributed by atoms with E-state index < -0.39 is 52.1 Å². The van der Waals surface area contributed by atoms with E-state index in [9.17, 15) is 14.9 Å². The molecule has 2 amide bonds. The van der Waals surface area contributed by atoms with E-state index in [0.717, 1.165) is 56.1 Å². The quantitative estimate of drug-likeness (QED) is 0.0276. The van der Waals surface area contributed by atoms with E-state index in [1.165, 1.54) is 12.7 Å². The van der Waals surface area contributed by atoms with Crippen molar-refractivity contribution >= 4 is 74.3 Å². The molecule has 6 atom stereocenters. The number of hydrogen-bond donors (Lipinski definition) is 2. The first-order valence-corrected chi connectivity index (χ1v) is 37.3. The van der Waals surface area contributed by atoms with Gasteiger partial charge in [-0.2, -0.15) is 5.26 Å². The maximum atomic E-state index is 16.9. The van der Waals surface area contributed by atoms with Crippen LogP contribution in [0.25, 0.3) is 22.3 Å². The molecule has 24 heteroatoms. The number of nitrogens with one attached hydrogen (secondary N) is 2. The zero-order chi connectivity index (χ0) is 69.2. The molecule has 2 saturated heterocycles. The zero-order valence-electron chi connectivity index (χ0n) is 54.8. The Balaban J connectivity index is 0.855. The number of fused-ring (bicyclic) bond motifs is 2. The van der Waals surface area contributed by atoms with Gasteiger partial charge in [-0.15, -0.1) is 0 Å². The predicted octanol–water partition coefficient (Wildman–Crippen LogP) is 15.0. The number of methoxy groups -OCH3 is 2. The van der Waals surface area contributed by atoms with Gasteiger partial charge in [0, 0.05) is 34.5 Å². The largest absolute Gasteiger partial charge is 0.497 e. The highest BCUT2D eigenvalue weighted by Gasteiger charge is 2.50. The monoisotopic (exact) mass is 1400 g/mol. The molecule has 0 spiro atoms. The number of carbonyl (C=O) groups excluding carboxylic acids is 2. The van der Waals surface area contributed by atoms with Crippen LogP contribution in [-0.2, 0) is 39.2 Å². The molecule has 508 valence electrons. The topological polar surface area (TPSA) is 251 Å². The van der Waals surface area contributed by atoms with E-state index in [2.05, 4.69) is 26.7 Å². The van der Waals surface area contributed by atoms with Gasteiger partial charge < -0.3 is 43.6 Å². The lowest BCUT2D eigenvalue weighted by Crippen LogP contribution is -2.37. The van der Waals surface area contributed by atoms with Crippen molar-refractivity contribution in [1.29, 1.82) is 5.26 Å². The maximum absolute atomic E-state index is 16.9. The Morgan fingerprint density at radius 3 is 1.20 bits per heavy atom. The summed E-state index contributed by atoms with van der Waals surface area (Å²) >= 11 is 2.28. The summed E-state index contributed by atoms with van der Waals surface area (Å²) in [5.41, 5.74) is 4.73. The third-order valence-electron chi connectivity index (χ3n) is 17.9. The third kappa shape index (κ3) is 14.3. The van der Waals surface area contributed by atoms with Crippen LogP contribution in [0.5, 0.6) is 11.5 Å². The number of imidazole rings is 2. The molecule has 2 aliphatic heterocycles. The molecule has 4 aromatic heterocycles. The van der Waals surface area contributed by atoms with E-state index in [1.807, 2.05) is 182 Å². The number of aromatic nitrogens is 8. The fourth-order valence-corrected chi connectivity index (χ4v) is 21.9. The molecule has 101 heavy (non-hydrogen) atoms. The van der Waals surface area contributed by atoms with Crippen molar-refractivity contribution in [1.82, 2.24) is 39.0 Å². The van der Waals surface area contributed by atoms with Crippen LogP contribution in [-0.4, -0.2) is 108 Å². The van der Waals surface area contributed by atoms with Crippen LogP contribution in [0, 0.1) is 11.3 Å². The number of rotatable bonds is 27. The second-order valence-electron chi connectivity index (χ2n) is 23.8. The number of nitriles is 1. The molecule has 12 aromatic rings. The van der Waals surface area contributed by atoms with Crippen molar-refractivity contribution in [2.75, 3.05) is 44.7 Å². The van der Waals surface area contributed by atoms with Gasteiger partial charge in [0.25, 0.3) is 11.8 Å². The lowest BCUT2D eigenvalue weighted by Gasteiger charge is -2.37. The summed E-state index contributed by atoms with van der Waals surface area (Å²) in [6.45, 7) is -0.294. The van der Waals surface area contributed by atoms with Gasteiger partial charge >= 0.3 is 5.77 Å². The van der Waals surface area contributed by atoms with E-state index >= 15 is 4.57 Å². The Labute approximate surface area is 590 Å². The van der Waals surface area contributed by atoms with Crippen LogP contribution in [0.2, 0.25) is 0 Å². The summed E-state index contributed by atoms with van der Waals surface area (Å²) in [6, 6.07) is 75.2. The van der Waals surface area contributed by atoms with Gasteiger partial charge in [-0.3, -0.25) is 23.3 Å². The number of anilines is 2. The molecule has 2 aliphatic rings. The maximum Gasteiger partial charge on any atom is 0.313 e. The molecule has 0 aliphatic carbocycles. The van der Waals surface area contributed by atoms with Crippen molar-refractivity contribution in [3.8, 4) is 17.6 Å². The SMILES string of the molecule is COc1ccc(C(OC[C@H]2O[C@@H](n3cnc4c(NC(=O)c5ccccc5)ncnc43)C[C@@H]2SP(=O)(OCCC#N)S[C@H]2C[C@H](n3cnc4c(NC(=O)c5ccccc5)ncnc43)O[C@@H]2COC(c2ccccc2)(c2ccccc2)c2ccc(OC)cc2)(c2ccccc2)c2ccccc2)cc1. The highest BCUT2D eigenvalue weighted by molar-refractivity contribution is 8.89. The third-order valence-corrected chi connectivity index (χ3v) is 25.8. The summed E-state index contributed by atoms with van der Waals surface area (Å²) in [5, 5.41) is 14.6. The molecule has 2 N–H and O–H groups in total. The second-order valence-corrected chi connectivity index (χ2v) is 31.5. The van der Waals surface area contributed by atoms with Gasteiger partial charge in [-0.05, 0) is 81.9 Å². The first-order valence-electron chi connectivity index (χ1n) is 32.7. The minimum absolute atomic E-state index is 0.0618. The molecule has 2 fully saturated rings. The van der Waals surface area contributed by atoms with Crippen LogP contribution in [0.4, 0.5) is 11.6 Å². The van der Waals surface area contributed by atoms with E-state index in [-0.39, 0.29) is 62.5 Å². The minimum Gasteiger partial charge on any atom is -0.497 e. The molecule has 0 radical (unpaired) electrons. The molecule has 0 saturated carbocycles. The van der Waals surface area contributed by atoms with Crippen LogP contribution in [0.3, 0.4) is 0 Å². The van der Waals surface area contributed by atoms with E-state index in [0.29, 0.717) is 45.0 Å². The molecular formula is C77H68N11O10PS2. The van der Waals surface area contributed by atoms with Crippen LogP contribution >= 0.6 is 28.5 Å². The molecule has 0 unspecified atom stereocenters. The minimum atomic E-state index is -4.14. The number of nitrogens with zero attached hydrogens (tertiary/aromatic N) is 9. The molecular weight excluding hydrogens is 1330 g/mol. The number of amides is 2. The van der Waals surface area contributed by atoms with Gasteiger partial charge in [-0.1, -0.05) is 205 Å². The van der Waals surface area contributed by atoms with Crippen molar-refractivity contribution in [2.24, 2.45) is 0 Å². The predicted molar refractivity (Wildman–Crippen MR) is 386 cm³/mol. The first-order chi connectivity index (χ1) is 49.6. The summed E-state index contributed by atoms with van der Waals surface area (Å²) in [5.74, 6) is -3.18. The molecule has 6 heterocycles. The van der Waals surface area contributed by atoms with Crippen LogP contribution in [0.15, 0.2) is 256 Å². The lowest BCUT2D eigenvalue weighted by atomic mass is 9.80. The number of carbonyl (C=O) groups is 2. The Hall–Kier alpha value is -10.4. The summed E-state index contributed by atoms with van der Waals surface area (Å²) in [6.07, 6.45) is 3.02. The Kier molecular flexibility index (Phi) is 20.5. The van der Waals surface area contributed by atoms with Gasteiger partial charge in [0.2, 0.25) is 0 Å². The smallest absolute Gasteiger partial charge is 0.313 e. The van der Waals surface area contributed by atoms with Crippen molar-refractivity contribution in [3.63, 3.8) is 0 Å². The van der Waals surface area contributed by atoms with E-state index in [1.54, 1.807) is 84.5 Å². The lowest BCUT2D eigenvalue weighted by molar-refractivity contribution is -0.0747. The Morgan fingerprint density at radius 1 is 0.505 bits per heavy atom. The highest BCUT2D eigenvalue weighted by atomic mass is 33.1. The average molecular weight is 1400 g/mol. The van der Waals surface area contributed by atoms with Gasteiger partial charge in [-0.25, -0.2) is 29.9 Å². The van der Waals surface area contributed by atoms with Crippen LogP contribution in [0.1, 0.15) is 85.8 Å². The fourth-order valence-electron chi connectivity index (χ4n) is 13.0. The van der Waals surface area contributed by atoms with E-state index in [4.69, 9.17) is 52.9 Å². The summed E-state index contributed by atoms with van der Waals surface area (Å²) in [7, 11) is 3.25. The number of hydrogen-bond acceptors (Lipinski definition) is 19. The molecule has 0 bridgehead atoms.